The second kappa shape index (κ2) is 3.98. The van der Waals surface area contributed by atoms with Crippen molar-refractivity contribution in [3.63, 3.8) is 0 Å². The van der Waals surface area contributed by atoms with E-state index in [2.05, 4.69) is 36.9 Å². The third-order valence-electron chi connectivity index (χ3n) is 4.34. The van der Waals surface area contributed by atoms with Crippen molar-refractivity contribution in [2.24, 2.45) is 12.0 Å². The molecule has 0 amide bonds. The Morgan fingerprint density at radius 1 is 1.10 bits per heavy atom. The maximum Gasteiger partial charge on any atom is 0.179 e. The number of aryl methyl sites for hydroxylation is 3. The number of fused-ring (bicyclic) bond motifs is 4. The number of aromatic nitrogens is 1. The monoisotopic (exact) mass is 275 g/mol. The number of allylic oxidation sites excluding steroid dienone is 4. The molecule has 2 aliphatic rings. The largest absolute Gasteiger partial charge is 0.290 e. The summed E-state index contributed by atoms with van der Waals surface area (Å²) in [6.45, 7) is 4.22. The first-order chi connectivity index (χ1) is 10.1. The van der Waals surface area contributed by atoms with Gasteiger partial charge >= 0.3 is 0 Å². The smallest absolute Gasteiger partial charge is 0.179 e. The Morgan fingerprint density at radius 3 is 2.71 bits per heavy atom. The zero-order valence-electron chi connectivity index (χ0n) is 12.3. The second-order valence-corrected chi connectivity index (χ2v) is 5.70. The molecule has 0 atom stereocenters. The Bertz CT molecular complexity index is 930. The minimum absolute atomic E-state index is 0.0348. The number of pyridine rings is 1. The van der Waals surface area contributed by atoms with Crippen LogP contribution in [0.1, 0.15) is 16.7 Å². The zero-order chi connectivity index (χ0) is 14.7. The Balaban J connectivity index is 2.15. The van der Waals surface area contributed by atoms with Crippen LogP contribution >= 0.6 is 0 Å². The third kappa shape index (κ3) is 1.57. The molecule has 0 N–H and O–H groups in total. The minimum Gasteiger partial charge on any atom is -0.290 e. The quantitative estimate of drug-likeness (QED) is 0.537. The molecule has 3 heteroatoms. The summed E-state index contributed by atoms with van der Waals surface area (Å²) in [5.74, 6) is 0.0348. The summed E-state index contributed by atoms with van der Waals surface area (Å²) < 4.78 is 2.05. The van der Waals surface area contributed by atoms with Gasteiger partial charge in [-0.05, 0) is 48.6 Å². The first kappa shape index (κ1) is 12.2. The molecule has 2 heterocycles. The molecule has 1 aromatic heterocycles. The molecule has 0 radical (unpaired) electrons. The van der Waals surface area contributed by atoms with E-state index in [-0.39, 0.29) is 5.78 Å². The lowest BCUT2D eigenvalue weighted by molar-refractivity contribution is -0.670. The number of aliphatic imine (C=N–C) groups is 1. The van der Waals surface area contributed by atoms with Crippen LogP contribution in [0.5, 0.6) is 0 Å². The summed E-state index contributed by atoms with van der Waals surface area (Å²) >= 11 is 0. The Kier molecular flexibility index (Phi) is 2.31. The molecule has 0 bridgehead atoms. The highest BCUT2D eigenvalue weighted by Gasteiger charge is 2.28. The SMILES string of the molecule is Cc1c2c(c(C)c3c[n+](C)ccc13)C1=CC(=O)C=CC1=N2. The van der Waals surface area contributed by atoms with Crippen LogP contribution in [-0.4, -0.2) is 11.5 Å². The van der Waals surface area contributed by atoms with E-state index in [4.69, 9.17) is 4.99 Å². The predicted molar refractivity (Wildman–Crippen MR) is 83.8 cm³/mol. The van der Waals surface area contributed by atoms with Crippen LogP contribution in [0.2, 0.25) is 0 Å². The van der Waals surface area contributed by atoms with Crippen molar-refractivity contribution in [3.8, 4) is 0 Å². The van der Waals surface area contributed by atoms with Crippen molar-refractivity contribution in [3.05, 3.63) is 53.4 Å². The lowest BCUT2D eigenvalue weighted by Crippen LogP contribution is -2.26. The van der Waals surface area contributed by atoms with Gasteiger partial charge in [0.15, 0.2) is 18.2 Å². The van der Waals surface area contributed by atoms with Gasteiger partial charge in [0, 0.05) is 22.6 Å². The van der Waals surface area contributed by atoms with E-state index >= 15 is 0 Å². The number of ketones is 1. The van der Waals surface area contributed by atoms with Crippen LogP contribution in [0.4, 0.5) is 5.69 Å². The van der Waals surface area contributed by atoms with Crippen LogP contribution in [-0.2, 0) is 11.8 Å². The van der Waals surface area contributed by atoms with E-state index in [9.17, 15) is 4.79 Å². The van der Waals surface area contributed by atoms with Crippen molar-refractivity contribution in [1.29, 1.82) is 0 Å². The highest BCUT2D eigenvalue weighted by molar-refractivity contribution is 6.40. The number of benzene rings is 1. The van der Waals surface area contributed by atoms with Gasteiger partial charge < -0.3 is 0 Å². The first-order valence-corrected chi connectivity index (χ1v) is 7.01. The number of rotatable bonds is 0. The molecular weight excluding hydrogens is 260 g/mol. The molecule has 0 saturated carbocycles. The number of hydrogen-bond acceptors (Lipinski definition) is 2. The van der Waals surface area contributed by atoms with E-state index in [0.717, 1.165) is 22.5 Å². The average molecular weight is 275 g/mol. The van der Waals surface area contributed by atoms with Crippen molar-refractivity contribution >= 4 is 33.5 Å². The maximum atomic E-state index is 11.7. The van der Waals surface area contributed by atoms with E-state index in [1.165, 1.54) is 21.9 Å². The van der Waals surface area contributed by atoms with Crippen molar-refractivity contribution in [2.45, 2.75) is 13.8 Å². The van der Waals surface area contributed by atoms with Gasteiger partial charge in [-0.15, -0.1) is 0 Å². The van der Waals surface area contributed by atoms with Crippen LogP contribution < -0.4 is 4.57 Å². The average Bonchev–Trinajstić information content (AvgIpc) is 2.83. The van der Waals surface area contributed by atoms with Gasteiger partial charge in [-0.1, -0.05) is 0 Å². The number of carbonyl (C=O) groups excluding carboxylic acids is 1. The molecule has 1 aliphatic heterocycles. The number of carbonyl (C=O) groups is 1. The van der Waals surface area contributed by atoms with Crippen molar-refractivity contribution < 1.29 is 9.36 Å². The second-order valence-electron chi connectivity index (χ2n) is 5.70. The summed E-state index contributed by atoms with van der Waals surface area (Å²) in [5.41, 5.74) is 6.35. The maximum absolute atomic E-state index is 11.7. The van der Waals surface area contributed by atoms with E-state index in [1.807, 2.05) is 13.1 Å². The van der Waals surface area contributed by atoms with Crippen molar-refractivity contribution in [1.82, 2.24) is 0 Å². The number of hydrogen-bond donors (Lipinski definition) is 0. The molecule has 0 fully saturated rings. The fourth-order valence-electron chi connectivity index (χ4n) is 3.25. The van der Waals surface area contributed by atoms with E-state index in [0.29, 0.717) is 0 Å². The molecule has 21 heavy (non-hydrogen) atoms. The molecule has 1 aliphatic carbocycles. The minimum atomic E-state index is 0.0348. The first-order valence-electron chi connectivity index (χ1n) is 7.01. The van der Waals surface area contributed by atoms with Gasteiger partial charge in [-0.2, -0.15) is 0 Å². The van der Waals surface area contributed by atoms with Crippen LogP contribution in [0.15, 0.2) is 41.7 Å². The lowest BCUT2D eigenvalue weighted by atomic mass is 9.89. The predicted octanol–water partition coefficient (Wildman–Crippen LogP) is 2.89. The van der Waals surface area contributed by atoms with Crippen LogP contribution in [0.3, 0.4) is 0 Å². The van der Waals surface area contributed by atoms with Gasteiger partial charge in [0.05, 0.1) is 11.4 Å². The van der Waals surface area contributed by atoms with Gasteiger partial charge in [-0.3, -0.25) is 4.79 Å². The molecule has 0 unspecified atom stereocenters. The Labute approximate surface area is 122 Å². The summed E-state index contributed by atoms with van der Waals surface area (Å²) in [7, 11) is 2.02. The highest BCUT2D eigenvalue weighted by Crippen LogP contribution is 2.44. The summed E-state index contributed by atoms with van der Waals surface area (Å²) in [6.07, 6.45) is 9.29. The zero-order valence-corrected chi connectivity index (χ0v) is 12.3. The molecule has 3 nitrogen and oxygen atoms in total. The normalized spacial score (nSPS) is 15.9. The fourth-order valence-corrected chi connectivity index (χ4v) is 3.25. The van der Waals surface area contributed by atoms with Gasteiger partial charge in [0.2, 0.25) is 0 Å². The summed E-state index contributed by atoms with van der Waals surface area (Å²) in [6, 6.07) is 2.13. The van der Waals surface area contributed by atoms with Gasteiger partial charge in [0.1, 0.15) is 7.05 Å². The summed E-state index contributed by atoms with van der Waals surface area (Å²) in [4.78, 5) is 16.5. The third-order valence-corrected chi connectivity index (χ3v) is 4.34. The fraction of sp³-hybridized carbons (Fsp3) is 0.167. The highest BCUT2D eigenvalue weighted by atomic mass is 16.1. The summed E-state index contributed by atoms with van der Waals surface area (Å²) in [5, 5.41) is 2.44. The molecule has 1 aromatic carbocycles. The van der Waals surface area contributed by atoms with E-state index in [1.54, 1.807) is 12.2 Å². The standard InChI is InChI=1S/C18H15N2O/c1-10-15-9-20(3)7-6-13(15)11(2)18-17(10)14-8-12(21)4-5-16(14)19-18/h4-9H,1-3H3/q+1. The topological polar surface area (TPSA) is 33.3 Å². The molecule has 0 spiro atoms. The van der Waals surface area contributed by atoms with Crippen LogP contribution in [0.25, 0.3) is 16.3 Å². The van der Waals surface area contributed by atoms with Gasteiger partial charge in [0.25, 0.3) is 0 Å². The van der Waals surface area contributed by atoms with E-state index < -0.39 is 0 Å². The van der Waals surface area contributed by atoms with Gasteiger partial charge in [-0.25, -0.2) is 9.56 Å². The molecule has 0 saturated heterocycles. The Morgan fingerprint density at radius 2 is 1.90 bits per heavy atom. The molecule has 102 valence electrons. The molecule has 2 aromatic rings. The molecule has 4 rings (SSSR count). The Hall–Kier alpha value is -2.55. The van der Waals surface area contributed by atoms with Crippen molar-refractivity contribution in [2.75, 3.05) is 0 Å². The lowest BCUT2D eigenvalue weighted by Gasteiger charge is -2.12. The number of nitrogens with zero attached hydrogens (tertiary/aromatic N) is 2. The molecular formula is C18H15N2O+. The van der Waals surface area contributed by atoms with Crippen LogP contribution in [0, 0.1) is 13.8 Å².